The summed E-state index contributed by atoms with van der Waals surface area (Å²) in [6.07, 6.45) is 0. The van der Waals surface area contributed by atoms with E-state index in [2.05, 4.69) is 217 Å². The standard InChI is InChI=1S/C52H35NO/c1-4-14-36(15-5-1)38-26-30-43(31-27-38)53(44-32-28-39(29-33-44)37-16-6-2-7-17-37)49-25-13-22-45(51(49)40-18-8-3-9-19-40)46-23-12-24-47-48-34-41-20-10-11-21-42(41)35-50(48)54-52(46)47/h1-35H. The molecule has 54 heavy (non-hydrogen) atoms. The Hall–Kier alpha value is -7.16. The molecule has 0 N–H and O–H groups in total. The number of anilines is 3. The van der Waals surface area contributed by atoms with E-state index >= 15 is 0 Å². The number of para-hydroxylation sites is 1. The lowest BCUT2D eigenvalue weighted by molar-refractivity contribution is 0.670. The van der Waals surface area contributed by atoms with Crippen LogP contribution in [0, 0.1) is 0 Å². The van der Waals surface area contributed by atoms with Crippen molar-refractivity contribution >= 4 is 49.8 Å². The number of hydrogen-bond acceptors (Lipinski definition) is 2. The molecule has 0 saturated carbocycles. The van der Waals surface area contributed by atoms with Gasteiger partial charge in [0, 0.05) is 33.3 Å². The van der Waals surface area contributed by atoms with Gasteiger partial charge < -0.3 is 9.32 Å². The predicted molar refractivity (Wildman–Crippen MR) is 228 cm³/mol. The van der Waals surface area contributed by atoms with E-state index in [0.717, 1.165) is 61.3 Å². The Kier molecular flexibility index (Phi) is 7.85. The number of benzene rings is 9. The average molecular weight is 690 g/mol. The first kappa shape index (κ1) is 31.6. The molecule has 0 bridgehead atoms. The first-order valence-electron chi connectivity index (χ1n) is 18.4. The molecule has 10 aromatic rings. The fourth-order valence-electron chi connectivity index (χ4n) is 7.85. The molecule has 0 fully saturated rings. The van der Waals surface area contributed by atoms with Crippen molar-refractivity contribution in [3.05, 3.63) is 212 Å². The number of furan rings is 1. The summed E-state index contributed by atoms with van der Waals surface area (Å²) >= 11 is 0. The smallest absolute Gasteiger partial charge is 0.143 e. The second-order valence-electron chi connectivity index (χ2n) is 13.7. The Labute approximate surface area is 314 Å². The van der Waals surface area contributed by atoms with E-state index in [1.54, 1.807) is 0 Å². The number of fused-ring (bicyclic) bond motifs is 4. The molecule has 0 aliphatic heterocycles. The summed E-state index contributed by atoms with van der Waals surface area (Å²) in [6, 6.07) is 75.8. The molecule has 10 rings (SSSR count). The minimum atomic E-state index is 0.892. The van der Waals surface area contributed by atoms with Gasteiger partial charge >= 0.3 is 0 Å². The van der Waals surface area contributed by atoms with Crippen molar-refractivity contribution in [3.8, 4) is 44.5 Å². The van der Waals surface area contributed by atoms with E-state index in [4.69, 9.17) is 4.42 Å². The van der Waals surface area contributed by atoms with Crippen LogP contribution >= 0.6 is 0 Å². The molecule has 0 radical (unpaired) electrons. The summed E-state index contributed by atoms with van der Waals surface area (Å²) in [6.45, 7) is 0. The molecule has 254 valence electrons. The van der Waals surface area contributed by atoms with Crippen LogP contribution < -0.4 is 4.90 Å². The molecule has 1 heterocycles. The zero-order chi connectivity index (χ0) is 35.8. The van der Waals surface area contributed by atoms with Gasteiger partial charge in [-0.05, 0) is 86.6 Å². The Morgan fingerprint density at radius 2 is 0.815 bits per heavy atom. The fraction of sp³-hybridized carbons (Fsp3) is 0. The SMILES string of the molecule is c1ccc(-c2ccc(N(c3ccc(-c4ccccc4)cc3)c3cccc(-c4cccc5c4oc4cc6ccccc6cc45)c3-c3ccccc3)cc2)cc1. The Morgan fingerprint density at radius 1 is 0.333 bits per heavy atom. The molecule has 0 aliphatic carbocycles. The largest absolute Gasteiger partial charge is 0.455 e. The van der Waals surface area contributed by atoms with Crippen LogP contribution in [0.3, 0.4) is 0 Å². The van der Waals surface area contributed by atoms with Crippen LogP contribution in [-0.2, 0) is 0 Å². The number of hydrogen-bond donors (Lipinski definition) is 0. The highest BCUT2D eigenvalue weighted by atomic mass is 16.3. The van der Waals surface area contributed by atoms with Gasteiger partial charge in [0.05, 0.1) is 5.69 Å². The van der Waals surface area contributed by atoms with Gasteiger partial charge in [0.15, 0.2) is 0 Å². The third-order valence-corrected chi connectivity index (χ3v) is 10.5. The third kappa shape index (κ3) is 5.62. The summed E-state index contributed by atoms with van der Waals surface area (Å²) in [7, 11) is 0. The van der Waals surface area contributed by atoms with Crippen molar-refractivity contribution in [1.82, 2.24) is 0 Å². The summed E-state index contributed by atoms with van der Waals surface area (Å²) in [5.41, 5.74) is 14.2. The zero-order valence-corrected chi connectivity index (χ0v) is 29.6. The molecule has 0 unspecified atom stereocenters. The van der Waals surface area contributed by atoms with E-state index in [1.165, 1.54) is 33.0 Å². The molecule has 0 amide bonds. The molecule has 2 heteroatoms. The van der Waals surface area contributed by atoms with Crippen LogP contribution in [0.2, 0.25) is 0 Å². The van der Waals surface area contributed by atoms with Crippen LogP contribution in [-0.4, -0.2) is 0 Å². The lowest BCUT2D eigenvalue weighted by Gasteiger charge is -2.29. The highest BCUT2D eigenvalue weighted by Gasteiger charge is 2.23. The zero-order valence-electron chi connectivity index (χ0n) is 29.6. The van der Waals surface area contributed by atoms with E-state index in [0.29, 0.717) is 0 Å². The van der Waals surface area contributed by atoms with Crippen LogP contribution in [0.25, 0.3) is 77.2 Å². The summed E-state index contributed by atoms with van der Waals surface area (Å²) in [5.74, 6) is 0. The molecular formula is C52H35NO. The first-order chi connectivity index (χ1) is 26.8. The monoisotopic (exact) mass is 689 g/mol. The molecule has 0 atom stereocenters. The Bertz CT molecular complexity index is 2810. The maximum absolute atomic E-state index is 6.80. The van der Waals surface area contributed by atoms with Crippen molar-refractivity contribution in [2.24, 2.45) is 0 Å². The Balaban J connectivity index is 1.20. The highest BCUT2D eigenvalue weighted by molar-refractivity contribution is 6.14. The van der Waals surface area contributed by atoms with Crippen LogP contribution in [0.4, 0.5) is 17.1 Å². The minimum Gasteiger partial charge on any atom is -0.455 e. The Morgan fingerprint density at radius 3 is 1.41 bits per heavy atom. The van der Waals surface area contributed by atoms with Crippen molar-refractivity contribution in [2.75, 3.05) is 4.90 Å². The van der Waals surface area contributed by atoms with Crippen molar-refractivity contribution in [3.63, 3.8) is 0 Å². The fourth-order valence-corrected chi connectivity index (χ4v) is 7.85. The molecular weight excluding hydrogens is 655 g/mol. The van der Waals surface area contributed by atoms with Gasteiger partial charge in [0.25, 0.3) is 0 Å². The third-order valence-electron chi connectivity index (χ3n) is 10.5. The molecule has 1 aromatic heterocycles. The second kappa shape index (κ2) is 13.4. The molecule has 0 spiro atoms. The van der Waals surface area contributed by atoms with E-state index in [1.807, 2.05) is 0 Å². The first-order valence-corrected chi connectivity index (χ1v) is 18.4. The summed E-state index contributed by atoms with van der Waals surface area (Å²) in [4.78, 5) is 2.39. The van der Waals surface area contributed by atoms with E-state index < -0.39 is 0 Å². The van der Waals surface area contributed by atoms with Gasteiger partial charge in [-0.3, -0.25) is 0 Å². The summed E-state index contributed by atoms with van der Waals surface area (Å²) in [5, 5.41) is 4.62. The summed E-state index contributed by atoms with van der Waals surface area (Å²) < 4.78 is 6.80. The predicted octanol–water partition coefficient (Wildman–Crippen LogP) is 14.9. The highest BCUT2D eigenvalue weighted by Crippen LogP contribution is 2.48. The van der Waals surface area contributed by atoms with Crippen molar-refractivity contribution < 1.29 is 4.42 Å². The average Bonchev–Trinajstić information content (AvgIpc) is 3.62. The maximum Gasteiger partial charge on any atom is 0.143 e. The minimum absolute atomic E-state index is 0.892. The van der Waals surface area contributed by atoms with Gasteiger partial charge in [0.1, 0.15) is 11.2 Å². The van der Waals surface area contributed by atoms with Gasteiger partial charge in [0.2, 0.25) is 0 Å². The maximum atomic E-state index is 6.80. The number of nitrogens with zero attached hydrogens (tertiary/aromatic N) is 1. The van der Waals surface area contributed by atoms with E-state index in [-0.39, 0.29) is 0 Å². The second-order valence-corrected chi connectivity index (χ2v) is 13.7. The van der Waals surface area contributed by atoms with Crippen LogP contribution in [0.15, 0.2) is 217 Å². The van der Waals surface area contributed by atoms with Crippen molar-refractivity contribution in [2.45, 2.75) is 0 Å². The van der Waals surface area contributed by atoms with Gasteiger partial charge in [-0.2, -0.15) is 0 Å². The normalized spacial score (nSPS) is 11.3. The lowest BCUT2D eigenvalue weighted by Crippen LogP contribution is -2.11. The molecule has 9 aromatic carbocycles. The molecule has 0 aliphatic rings. The quantitative estimate of drug-likeness (QED) is 0.166. The van der Waals surface area contributed by atoms with Gasteiger partial charge in [-0.15, -0.1) is 0 Å². The van der Waals surface area contributed by atoms with Gasteiger partial charge in [-0.1, -0.05) is 170 Å². The molecule has 0 saturated heterocycles. The number of rotatable bonds is 7. The lowest BCUT2D eigenvalue weighted by atomic mass is 9.91. The van der Waals surface area contributed by atoms with Crippen molar-refractivity contribution in [1.29, 1.82) is 0 Å². The topological polar surface area (TPSA) is 16.4 Å². The van der Waals surface area contributed by atoms with Crippen LogP contribution in [0.1, 0.15) is 0 Å². The van der Waals surface area contributed by atoms with Gasteiger partial charge in [-0.25, -0.2) is 0 Å². The molecule has 2 nitrogen and oxygen atoms in total. The van der Waals surface area contributed by atoms with Crippen LogP contribution in [0.5, 0.6) is 0 Å². The van der Waals surface area contributed by atoms with E-state index in [9.17, 15) is 0 Å².